The molecule has 0 fully saturated rings. The van der Waals surface area contributed by atoms with Crippen molar-refractivity contribution >= 4 is 22.0 Å². The molecule has 0 amide bonds. The molecule has 0 atom stereocenters. The maximum absolute atomic E-state index is 10.3. The van der Waals surface area contributed by atoms with Gasteiger partial charge in [0.15, 0.2) is 0 Å². The summed E-state index contributed by atoms with van der Waals surface area (Å²) in [6.45, 7) is 1.41. The van der Waals surface area contributed by atoms with Crippen molar-refractivity contribution in [3.63, 3.8) is 0 Å². The molecular formula is C10H8BrNO2. The van der Waals surface area contributed by atoms with E-state index in [2.05, 4.69) is 21.7 Å². The fraction of sp³-hybridized carbons (Fsp3) is 0.100. The van der Waals surface area contributed by atoms with Crippen LogP contribution in [0.25, 0.3) is 6.08 Å². The first-order valence-electron chi connectivity index (χ1n) is 3.93. The highest BCUT2D eigenvalue weighted by Crippen LogP contribution is 2.12. The van der Waals surface area contributed by atoms with Gasteiger partial charge >= 0.3 is 0 Å². The summed E-state index contributed by atoms with van der Waals surface area (Å²) in [7, 11) is 0. The van der Waals surface area contributed by atoms with E-state index < -0.39 is 4.92 Å². The standard InChI is InChI=1S/C10H8BrNO2/c1-8(12(13)14)5-6-9-3-2-4-10(11)7-9/h2-4,6-7H,1H3. The van der Waals surface area contributed by atoms with Crippen LogP contribution < -0.4 is 0 Å². The molecule has 0 aliphatic heterocycles. The number of rotatable bonds is 2. The summed E-state index contributed by atoms with van der Waals surface area (Å²) < 4.78 is 0.937. The predicted octanol–water partition coefficient (Wildman–Crippen LogP) is 3.24. The Morgan fingerprint density at radius 2 is 2.36 bits per heavy atom. The van der Waals surface area contributed by atoms with Gasteiger partial charge in [0.25, 0.3) is 5.70 Å². The van der Waals surface area contributed by atoms with Crippen molar-refractivity contribution in [1.82, 2.24) is 0 Å². The quantitative estimate of drug-likeness (QED) is 0.462. The van der Waals surface area contributed by atoms with E-state index >= 15 is 0 Å². The smallest absolute Gasteiger partial charge is 0.258 e. The monoisotopic (exact) mass is 253 g/mol. The van der Waals surface area contributed by atoms with Gasteiger partial charge in [0.1, 0.15) is 0 Å². The fourth-order valence-corrected chi connectivity index (χ4v) is 1.25. The first kappa shape index (κ1) is 10.7. The third kappa shape index (κ3) is 3.17. The zero-order valence-electron chi connectivity index (χ0n) is 7.53. The number of nitro groups is 1. The van der Waals surface area contributed by atoms with Crippen molar-refractivity contribution in [3.05, 3.63) is 55.8 Å². The molecule has 0 N–H and O–H groups in total. The minimum absolute atomic E-state index is 0.00461. The maximum atomic E-state index is 10.3. The highest BCUT2D eigenvalue weighted by atomic mass is 79.9. The second-order valence-electron chi connectivity index (χ2n) is 2.69. The molecule has 0 spiro atoms. The molecule has 3 nitrogen and oxygen atoms in total. The lowest BCUT2D eigenvalue weighted by atomic mass is 10.2. The molecule has 0 heterocycles. The first-order valence-corrected chi connectivity index (χ1v) is 4.72. The molecule has 0 saturated carbocycles. The summed E-state index contributed by atoms with van der Waals surface area (Å²) >= 11 is 3.31. The summed E-state index contributed by atoms with van der Waals surface area (Å²) in [4.78, 5) is 9.80. The maximum Gasteiger partial charge on any atom is 0.285 e. The molecule has 0 aromatic heterocycles. The molecule has 1 rings (SSSR count). The van der Waals surface area contributed by atoms with E-state index in [1.165, 1.54) is 6.92 Å². The Balaban J connectivity index is 2.99. The number of halogens is 1. The van der Waals surface area contributed by atoms with Crippen LogP contribution in [-0.4, -0.2) is 4.92 Å². The highest BCUT2D eigenvalue weighted by Gasteiger charge is 1.97. The zero-order valence-corrected chi connectivity index (χ0v) is 9.11. The summed E-state index contributed by atoms with van der Waals surface area (Å²) in [5.74, 6) is 0. The number of nitrogens with zero attached hydrogens (tertiary/aromatic N) is 1. The Morgan fingerprint density at radius 3 is 2.93 bits per heavy atom. The molecule has 14 heavy (non-hydrogen) atoms. The van der Waals surface area contributed by atoms with Crippen LogP contribution in [0.2, 0.25) is 0 Å². The van der Waals surface area contributed by atoms with Gasteiger partial charge < -0.3 is 0 Å². The van der Waals surface area contributed by atoms with Crippen LogP contribution in [0, 0.1) is 10.1 Å². The molecule has 0 aliphatic carbocycles. The Kier molecular flexibility index (Phi) is 3.63. The lowest BCUT2D eigenvalue weighted by molar-refractivity contribution is -0.423. The average Bonchev–Trinajstić information content (AvgIpc) is 2.14. The molecule has 0 aliphatic rings. The third-order valence-electron chi connectivity index (χ3n) is 1.57. The Hall–Kier alpha value is -1.38. The van der Waals surface area contributed by atoms with Crippen LogP contribution in [0.5, 0.6) is 0 Å². The average molecular weight is 254 g/mol. The van der Waals surface area contributed by atoms with Crippen LogP contribution >= 0.6 is 15.9 Å². The second kappa shape index (κ2) is 4.74. The van der Waals surface area contributed by atoms with Crippen molar-refractivity contribution in [2.75, 3.05) is 0 Å². The van der Waals surface area contributed by atoms with E-state index in [9.17, 15) is 10.1 Å². The number of benzene rings is 1. The van der Waals surface area contributed by atoms with Gasteiger partial charge in [0, 0.05) is 11.4 Å². The van der Waals surface area contributed by atoms with Gasteiger partial charge in [0.2, 0.25) is 0 Å². The Bertz CT molecular complexity index is 420. The van der Waals surface area contributed by atoms with E-state index in [1.807, 2.05) is 24.3 Å². The summed E-state index contributed by atoms with van der Waals surface area (Å²) in [6, 6.07) is 7.46. The van der Waals surface area contributed by atoms with Gasteiger partial charge in [-0.25, -0.2) is 0 Å². The number of hydrogen-bond acceptors (Lipinski definition) is 2. The Labute approximate surface area is 90.0 Å². The Morgan fingerprint density at radius 1 is 1.64 bits per heavy atom. The fourth-order valence-electron chi connectivity index (χ4n) is 0.837. The molecular weight excluding hydrogens is 246 g/mol. The van der Waals surface area contributed by atoms with Crippen LogP contribution in [0.15, 0.2) is 40.2 Å². The summed E-state index contributed by atoms with van der Waals surface area (Å²) in [6.07, 6.45) is 1.59. The van der Waals surface area contributed by atoms with Crippen LogP contribution in [-0.2, 0) is 0 Å². The van der Waals surface area contributed by atoms with Crippen molar-refractivity contribution in [2.45, 2.75) is 6.92 Å². The van der Waals surface area contributed by atoms with Gasteiger partial charge in [0.05, 0.1) is 4.92 Å². The van der Waals surface area contributed by atoms with Crippen LogP contribution in [0.1, 0.15) is 12.5 Å². The van der Waals surface area contributed by atoms with Gasteiger partial charge in [-0.15, -0.1) is 0 Å². The third-order valence-corrected chi connectivity index (χ3v) is 2.06. The van der Waals surface area contributed by atoms with E-state index in [-0.39, 0.29) is 5.70 Å². The first-order chi connectivity index (χ1) is 6.59. The molecule has 0 radical (unpaired) electrons. The highest BCUT2D eigenvalue weighted by molar-refractivity contribution is 9.10. The van der Waals surface area contributed by atoms with E-state index in [0.717, 1.165) is 10.0 Å². The van der Waals surface area contributed by atoms with Crippen molar-refractivity contribution in [2.24, 2.45) is 0 Å². The van der Waals surface area contributed by atoms with Crippen molar-refractivity contribution in [3.8, 4) is 0 Å². The topological polar surface area (TPSA) is 43.1 Å². The molecule has 1 aromatic rings. The molecule has 1 aromatic carbocycles. The summed E-state index contributed by atoms with van der Waals surface area (Å²) in [5.41, 5.74) is 3.48. The van der Waals surface area contributed by atoms with E-state index in [0.29, 0.717) is 0 Å². The SMILES string of the molecule is CC(=C=Cc1cccc(Br)c1)[N+](=O)[O-]. The van der Waals surface area contributed by atoms with Gasteiger partial charge in [-0.2, -0.15) is 0 Å². The molecule has 0 saturated heterocycles. The molecule has 72 valence electrons. The predicted molar refractivity (Wildman–Crippen MR) is 58.3 cm³/mol. The van der Waals surface area contributed by atoms with Crippen molar-refractivity contribution in [1.29, 1.82) is 0 Å². The van der Waals surface area contributed by atoms with Gasteiger partial charge in [-0.1, -0.05) is 28.1 Å². The van der Waals surface area contributed by atoms with E-state index in [1.54, 1.807) is 6.08 Å². The number of allylic oxidation sites excluding steroid dienone is 1. The molecule has 0 bridgehead atoms. The minimum atomic E-state index is -0.464. The van der Waals surface area contributed by atoms with E-state index in [4.69, 9.17) is 0 Å². The normalized spacial score (nSPS) is 9.00. The molecule has 4 heteroatoms. The van der Waals surface area contributed by atoms with Crippen LogP contribution in [0.4, 0.5) is 0 Å². The second-order valence-corrected chi connectivity index (χ2v) is 3.60. The van der Waals surface area contributed by atoms with Gasteiger partial charge in [-0.05, 0) is 29.5 Å². The lowest BCUT2D eigenvalue weighted by Crippen LogP contribution is -1.90. The lowest BCUT2D eigenvalue weighted by Gasteiger charge is -1.91. The summed E-state index contributed by atoms with van der Waals surface area (Å²) in [5, 5.41) is 10.3. The minimum Gasteiger partial charge on any atom is -0.258 e. The van der Waals surface area contributed by atoms with Gasteiger partial charge in [-0.3, -0.25) is 10.1 Å². The largest absolute Gasteiger partial charge is 0.285 e. The van der Waals surface area contributed by atoms with Crippen LogP contribution in [0.3, 0.4) is 0 Å². The zero-order chi connectivity index (χ0) is 10.6. The molecule has 0 unspecified atom stereocenters. The number of hydrogen-bond donors (Lipinski definition) is 0. The van der Waals surface area contributed by atoms with Crippen molar-refractivity contribution < 1.29 is 4.92 Å².